The summed E-state index contributed by atoms with van der Waals surface area (Å²) < 4.78 is 38.6. The van der Waals surface area contributed by atoms with Crippen LogP contribution in [0.5, 0.6) is 0 Å². The van der Waals surface area contributed by atoms with E-state index in [1.807, 2.05) is 12.1 Å². The van der Waals surface area contributed by atoms with E-state index in [0.717, 1.165) is 48.9 Å². The second kappa shape index (κ2) is 10.2. The standard InChI is InChI=1S/C27H30F3N9O3/c28-27(29,30)14-8-9-17(33-10-14)23(42)34-11-18-20-26(38-24(31)37-20)21(40)19(12-39(26)25(32)36-18)35-22(41)16-7-3-5-13-4-1-2-6-15(13)16/h3,5,7-10,18-21,40H,1-2,4,6,11-12H2,(H2,32,36)(H,34,42)(H,35,41)(H3,31,37,38)/p+1/t18-,19?,20-,21+,26?/m0/s1. The summed E-state index contributed by atoms with van der Waals surface area (Å²) in [6, 6.07) is 5.29. The van der Waals surface area contributed by atoms with Gasteiger partial charge in [0.05, 0.1) is 11.6 Å². The van der Waals surface area contributed by atoms with Gasteiger partial charge >= 0.3 is 12.1 Å². The number of nitrogens with zero attached hydrogens (tertiary/aromatic N) is 3. The largest absolute Gasteiger partial charge is 0.417 e. The fourth-order valence-corrected chi connectivity index (χ4v) is 6.51. The molecular formula is C27H31F3N9O3+. The first-order chi connectivity index (χ1) is 20.0. The molecule has 5 atom stereocenters. The number of fused-ring (bicyclic) bond motifs is 1. The van der Waals surface area contributed by atoms with Gasteiger partial charge in [-0.05, 0) is 55.0 Å². The zero-order chi connectivity index (χ0) is 29.8. The van der Waals surface area contributed by atoms with Crippen molar-refractivity contribution in [1.29, 1.82) is 0 Å². The topological polar surface area (TPSA) is 185 Å². The van der Waals surface area contributed by atoms with Gasteiger partial charge in [-0.25, -0.2) is 10.3 Å². The Labute approximate surface area is 238 Å². The predicted molar refractivity (Wildman–Crippen MR) is 144 cm³/mol. The molecule has 42 heavy (non-hydrogen) atoms. The summed E-state index contributed by atoms with van der Waals surface area (Å²) in [6.45, 7) is 0.0502. The molecule has 2 amide bonds. The molecule has 3 aliphatic heterocycles. The Morgan fingerprint density at radius 2 is 1.95 bits per heavy atom. The first-order valence-corrected chi connectivity index (χ1v) is 13.7. The van der Waals surface area contributed by atoms with Crippen LogP contribution in [0, 0.1) is 0 Å². The highest BCUT2D eigenvalue weighted by Crippen LogP contribution is 2.36. The minimum Gasteiger partial charge on any atom is -0.385 e. The number of amides is 2. The fraction of sp³-hybridized carbons (Fsp3) is 0.444. The van der Waals surface area contributed by atoms with Gasteiger partial charge in [-0.3, -0.25) is 25.3 Å². The highest BCUT2D eigenvalue weighted by molar-refractivity contribution is 5.96. The second-order valence-electron chi connectivity index (χ2n) is 11.0. The number of rotatable bonds is 5. The van der Waals surface area contributed by atoms with Crippen LogP contribution < -0.4 is 32.4 Å². The number of alkyl halides is 3. The van der Waals surface area contributed by atoms with Gasteiger partial charge in [0.25, 0.3) is 11.8 Å². The van der Waals surface area contributed by atoms with Crippen LogP contribution in [0.15, 0.2) is 41.5 Å². The van der Waals surface area contributed by atoms with Gasteiger partial charge in [0.15, 0.2) is 12.0 Å². The molecule has 2 aromatic rings. The molecule has 2 unspecified atom stereocenters. The van der Waals surface area contributed by atoms with Gasteiger partial charge in [-0.2, -0.15) is 13.2 Å². The van der Waals surface area contributed by atoms with Crippen molar-refractivity contribution in [2.75, 3.05) is 13.1 Å². The molecule has 222 valence electrons. The summed E-state index contributed by atoms with van der Waals surface area (Å²) in [7, 11) is 0. The van der Waals surface area contributed by atoms with Crippen LogP contribution in [0.3, 0.4) is 0 Å². The van der Waals surface area contributed by atoms with E-state index in [2.05, 4.69) is 30.9 Å². The minimum absolute atomic E-state index is 0.0649. The smallest absolute Gasteiger partial charge is 0.385 e. The number of aromatic nitrogens is 1. The Morgan fingerprint density at radius 3 is 2.69 bits per heavy atom. The summed E-state index contributed by atoms with van der Waals surface area (Å²) in [6.07, 6.45) is -1.35. The fourth-order valence-electron chi connectivity index (χ4n) is 6.51. The second-order valence-corrected chi connectivity index (χ2v) is 11.0. The zero-order valence-corrected chi connectivity index (χ0v) is 22.4. The van der Waals surface area contributed by atoms with Gasteiger partial charge < -0.3 is 26.4 Å². The third-order valence-electron chi connectivity index (χ3n) is 8.49. The van der Waals surface area contributed by atoms with E-state index in [0.29, 0.717) is 11.8 Å². The van der Waals surface area contributed by atoms with E-state index >= 15 is 0 Å². The maximum Gasteiger partial charge on any atom is 0.417 e. The number of hydrogen-bond donors (Lipinski definition) is 7. The van der Waals surface area contributed by atoms with Gasteiger partial charge in [0.2, 0.25) is 5.66 Å². The molecule has 0 saturated carbocycles. The summed E-state index contributed by atoms with van der Waals surface area (Å²) in [5, 5.41) is 20.3. The quantitative estimate of drug-likeness (QED) is 0.209. The lowest BCUT2D eigenvalue weighted by molar-refractivity contribution is -0.513. The van der Waals surface area contributed by atoms with Gasteiger partial charge in [0, 0.05) is 24.8 Å². The number of nitrogens with two attached hydrogens (primary N) is 2. The minimum atomic E-state index is -4.58. The van der Waals surface area contributed by atoms with Crippen LogP contribution in [0.2, 0.25) is 0 Å². The maximum atomic E-state index is 13.4. The predicted octanol–water partition coefficient (Wildman–Crippen LogP) is -2.06. The van der Waals surface area contributed by atoms with Crippen molar-refractivity contribution in [2.24, 2.45) is 16.5 Å². The molecule has 4 heterocycles. The number of guanidine groups is 2. The molecule has 12 nitrogen and oxygen atoms in total. The third-order valence-corrected chi connectivity index (χ3v) is 8.49. The summed E-state index contributed by atoms with van der Waals surface area (Å²) >= 11 is 0. The van der Waals surface area contributed by atoms with Crippen LogP contribution >= 0.6 is 0 Å². The van der Waals surface area contributed by atoms with E-state index in [1.54, 1.807) is 11.0 Å². The number of aliphatic hydroxyl groups excluding tert-OH is 1. The van der Waals surface area contributed by atoms with Crippen LogP contribution in [0.1, 0.15) is 50.4 Å². The summed E-state index contributed by atoms with van der Waals surface area (Å²) in [5.41, 5.74) is 12.8. The lowest BCUT2D eigenvalue weighted by Crippen LogP contribution is -2.88. The number of hydrogen-bond acceptors (Lipinski definition) is 9. The van der Waals surface area contributed by atoms with Gasteiger partial charge in [-0.1, -0.05) is 12.1 Å². The Balaban J connectivity index is 1.19. The molecule has 1 aromatic heterocycles. The van der Waals surface area contributed by atoms with Crippen LogP contribution in [-0.4, -0.2) is 81.7 Å². The molecule has 1 aliphatic carbocycles. The molecule has 1 aromatic carbocycles. The Kier molecular flexibility index (Phi) is 6.71. The molecule has 0 bridgehead atoms. The van der Waals surface area contributed by atoms with Crippen molar-refractivity contribution in [3.05, 3.63) is 64.5 Å². The van der Waals surface area contributed by atoms with E-state index in [-0.39, 0.29) is 36.6 Å². The van der Waals surface area contributed by atoms with Crippen molar-refractivity contribution in [3.8, 4) is 0 Å². The van der Waals surface area contributed by atoms with Gasteiger partial charge in [-0.15, -0.1) is 0 Å². The Bertz CT molecular complexity index is 1480. The Morgan fingerprint density at radius 1 is 1.17 bits per heavy atom. The van der Waals surface area contributed by atoms with Crippen LogP contribution in [0.4, 0.5) is 13.2 Å². The number of aliphatic imine (C=N–C) groups is 1. The number of halogens is 3. The molecule has 0 radical (unpaired) electrons. The van der Waals surface area contributed by atoms with Crippen molar-refractivity contribution >= 4 is 23.7 Å². The molecular weight excluding hydrogens is 555 g/mol. The zero-order valence-electron chi connectivity index (χ0n) is 22.4. The molecule has 9 N–H and O–H groups in total. The third kappa shape index (κ3) is 4.57. The highest BCUT2D eigenvalue weighted by atomic mass is 19.4. The highest BCUT2D eigenvalue weighted by Gasteiger charge is 2.68. The SMILES string of the molecule is NC1=N[C@@H](CNC(=O)c2ccc(C(F)(F)F)cn2)[C@@H]2[NH+]=C(N)NC23[C@H](O)C(NC(=O)c2cccc4c2CCCC4)CN13. The summed E-state index contributed by atoms with van der Waals surface area (Å²) in [5.74, 6) is -0.786. The van der Waals surface area contributed by atoms with E-state index in [1.165, 1.54) is 0 Å². The Hall–Kier alpha value is -4.40. The normalized spacial score (nSPS) is 28.0. The number of aliphatic hydroxyl groups is 1. The first kappa shape index (κ1) is 27.8. The lowest BCUT2D eigenvalue weighted by Gasteiger charge is -2.43. The van der Waals surface area contributed by atoms with E-state index in [9.17, 15) is 27.9 Å². The van der Waals surface area contributed by atoms with Crippen molar-refractivity contribution in [3.63, 3.8) is 0 Å². The van der Waals surface area contributed by atoms with Gasteiger partial charge in [0.1, 0.15) is 17.8 Å². The molecule has 6 rings (SSSR count). The van der Waals surface area contributed by atoms with Crippen LogP contribution in [0.25, 0.3) is 0 Å². The van der Waals surface area contributed by atoms with Crippen molar-refractivity contribution < 1.29 is 32.9 Å². The lowest BCUT2D eigenvalue weighted by atomic mass is 9.87. The van der Waals surface area contributed by atoms with Crippen molar-refractivity contribution in [2.45, 2.75) is 61.8 Å². The first-order valence-electron chi connectivity index (χ1n) is 13.7. The van der Waals surface area contributed by atoms with Crippen molar-refractivity contribution in [1.82, 2.24) is 25.8 Å². The number of aryl methyl sites for hydroxylation is 1. The maximum absolute atomic E-state index is 13.4. The molecule has 1 saturated heterocycles. The number of nitrogens with one attached hydrogen (secondary N) is 4. The molecule has 1 spiro atoms. The average Bonchev–Trinajstić information content (AvgIpc) is 3.46. The number of benzene rings is 1. The number of carbonyl (C=O) groups is 2. The monoisotopic (exact) mass is 586 g/mol. The number of pyridine rings is 1. The van der Waals surface area contributed by atoms with E-state index in [4.69, 9.17) is 11.5 Å². The van der Waals surface area contributed by atoms with Crippen LogP contribution in [-0.2, 0) is 19.0 Å². The molecule has 4 aliphatic rings. The molecule has 1 fully saturated rings. The average molecular weight is 587 g/mol. The summed E-state index contributed by atoms with van der Waals surface area (Å²) in [4.78, 5) is 39.0. The van der Waals surface area contributed by atoms with E-state index < -0.39 is 47.5 Å². The number of carbonyl (C=O) groups excluding carboxylic acids is 2. The molecule has 15 heteroatoms.